The second kappa shape index (κ2) is 21.0. The second-order valence-electron chi connectivity index (χ2n) is 9.77. The molecular formula is C38H32N8ORu. The molecular weight excluding hydrogens is 686 g/mol. The summed E-state index contributed by atoms with van der Waals surface area (Å²) < 4.78 is 0. The van der Waals surface area contributed by atoms with Gasteiger partial charge in [0.1, 0.15) is 0 Å². The summed E-state index contributed by atoms with van der Waals surface area (Å²) in [5.41, 5.74) is 6.90. The maximum atomic E-state index is 11.6. The van der Waals surface area contributed by atoms with Crippen LogP contribution in [0.25, 0.3) is 34.2 Å². The molecule has 9 nitrogen and oxygen atoms in total. The van der Waals surface area contributed by atoms with Crippen molar-refractivity contribution in [2.45, 2.75) is 25.8 Å². The van der Waals surface area contributed by atoms with Gasteiger partial charge in [-0.1, -0.05) is 24.3 Å². The smallest absolute Gasteiger partial charge is 0.221 e. The predicted octanol–water partition coefficient (Wildman–Crippen LogP) is 6.52. The summed E-state index contributed by atoms with van der Waals surface area (Å²) in [4.78, 5) is 36.9. The minimum Gasteiger partial charge on any atom is -0.352 e. The van der Waals surface area contributed by atoms with E-state index in [9.17, 15) is 4.79 Å². The van der Waals surface area contributed by atoms with Gasteiger partial charge in [0.2, 0.25) is 5.91 Å². The van der Waals surface area contributed by atoms with Gasteiger partial charge in [0.25, 0.3) is 0 Å². The van der Waals surface area contributed by atoms with E-state index in [1.165, 1.54) is 0 Å². The first-order valence-corrected chi connectivity index (χ1v) is 14.8. The van der Waals surface area contributed by atoms with Crippen LogP contribution in [0.3, 0.4) is 0 Å². The van der Waals surface area contributed by atoms with Gasteiger partial charge < -0.3 is 5.32 Å². The number of nitrogens with zero attached hydrogens (tertiary/aromatic N) is 7. The number of hydrogen-bond donors (Lipinski definition) is 1. The fourth-order valence-corrected chi connectivity index (χ4v) is 4.07. The Kier molecular flexibility index (Phi) is 15.9. The Morgan fingerprint density at radius 3 is 1.42 bits per heavy atom. The third kappa shape index (κ3) is 12.4. The number of aromatic nitrogens is 6. The molecule has 0 fully saturated rings. The second-order valence-corrected chi connectivity index (χ2v) is 9.77. The van der Waals surface area contributed by atoms with Gasteiger partial charge in [-0.15, -0.1) is 12.3 Å². The van der Waals surface area contributed by atoms with Crippen molar-refractivity contribution in [2.75, 3.05) is 0 Å². The van der Waals surface area contributed by atoms with Crippen LogP contribution in [0.5, 0.6) is 0 Å². The molecule has 0 aliphatic rings. The van der Waals surface area contributed by atoms with E-state index in [-0.39, 0.29) is 25.4 Å². The predicted molar refractivity (Wildman–Crippen MR) is 182 cm³/mol. The standard InChI is InChI=1S/C18H16N4O.2C10H8N2.Ru/c1-2-3-4-18(23)22-13-15-7-10-21-17(12-15)16-11-14(5-8-19)6-9-20-16;2*1-3-7-11-9(5-1)10-6-2-4-8-12-10;/h1,6-7,9-12H,3-5,13H2,(H,22,23);2*1-8H;. The average molecular weight is 718 g/mol. The Bertz CT molecular complexity index is 1750. The summed E-state index contributed by atoms with van der Waals surface area (Å²) in [6.07, 6.45) is 16.6. The van der Waals surface area contributed by atoms with Gasteiger partial charge in [0, 0.05) is 76.0 Å². The first-order valence-electron chi connectivity index (χ1n) is 14.8. The number of rotatable bonds is 8. The maximum Gasteiger partial charge on any atom is 0.221 e. The monoisotopic (exact) mass is 718 g/mol. The number of hydrogen-bond acceptors (Lipinski definition) is 8. The van der Waals surface area contributed by atoms with E-state index in [1.54, 1.807) is 37.2 Å². The molecule has 0 spiro atoms. The van der Waals surface area contributed by atoms with E-state index in [2.05, 4.69) is 47.2 Å². The Balaban J connectivity index is 0.000000210. The minimum absolute atomic E-state index is 0. The molecule has 6 aromatic rings. The van der Waals surface area contributed by atoms with Crippen molar-refractivity contribution in [1.29, 1.82) is 5.26 Å². The topological polar surface area (TPSA) is 130 Å². The zero-order valence-electron chi connectivity index (χ0n) is 26.0. The van der Waals surface area contributed by atoms with Crippen molar-refractivity contribution in [2.24, 2.45) is 0 Å². The number of carbonyl (C=O) groups is 1. The molecule has 0 atom stereocenters. The normalized spacial score (nSPS) is 9.46. The molecule has 0 aliphatic carbocycles. The van der Waals surface area contributed by atoms with E-state index < -0.39 is 0 Å². The summed E-state index contributed by atoms with van der Waals surface area (Å²) in [6.45, 7) is 0.414. The molecule has 6 aromatic heterocycles. The Labute approximate surface area is 293 Å². The van der Waals surface area contributed by atoms with Gasteiger partial charge in [-0.2, -0.15) is 5.26 Å². The summed E-state index contributed by atoms with van der Waals surface area (Å²) >= 11 is 0. The number of nitrogens with one attached hydrogen (secondary N) is 1. The van der Waals surface area contributed by atoms with Gasteiger partial charge >= 0.3 is 0 Å². The third-order valence-corrected chi connectivity index (χ3v) is 6.36. The molecule has 0 aliphatic heterocycles. The molecule has 238 valence electrons. The van der Waals surface area contributed by atoms with E-state index in [1.807, 2.05) is 97.1 Å². The summed E-state index contributed by atoms with van der Waals surface area (Å²) in [6, 6.07) is 32.7. The van der Waals surface area contributed by atoms with Crippen LogP contribution in [0.1, 0.15) is 24.0 Å². The van der Waals surface area contributed by atoms with E-state index >= 15 is 0 Å². The van der Waals surface area contributed by atoms with Gasteiger partial charge in [-0.3, -0.25) is 34.7 Å². The quantitative estimate of drug-likeness (QED) is 0.139. The minimum atomic E-state index is -0.0737. The van der Waals surface area contributed by atoms with Gasteiger partial charge in [0.05, 0.1) is 46.7 Å². The van der Waals surface area contributed by atoms with Crippen LogP contribution in [0.15, 0.2) is 134 Å². The molecule has 48 heavy (non-hydrogen) atoms. The number of pyridine rings is 6. The van der Waals surface area contributed by atoms with Crippen LogP contribution >= 0.6 is 0 Å². The molecule has 6 rings (SSSR count). The average Bonchev–Trinajstić information content (AvgIpc) is 3.15. The third-order valence-electron chi connectivity index (χ3n) is 6.36. The molecule has 6 heterocycles. The zero-order valence-corrected chi connectivity index (χ0v) is 27.7. The van der Waals surface area contributed by atoms with Crippen LogP contribution in [0.4, 0.5) is 0 Å². The number of amides is 1. The number of nitriles is 1. The molecule has 0 unspecified atom stereocenters. The molecule has 0 aromatic carbocycles. The fourth-order valence-electron chi connectivity index (χ4n) is 4.07. The molecule has 0 saturated carbocycles. The van der Waals surface area contributed by atoms with Crippen molar-refractivity contribution in [1.82, 2.24) is 35.2 Å². The Morgan fingerprint density at radius 1 is 0.604 bits per heavy atom. The van der Waals surface area contributed by atoms with Crippen molar-refractivity contribution in [3.63, 3.8) is 0 Å². The zero-order chi connectivity index (χ0) is 32.9. The largest absolute Gasteiger partial charge is 0.352 e. The SMILES string of the molecule is C#CCCC(=O)NCc1ccnc(-c2cc(CC#N)ccn2)c1.[Ru].c1ccc(-c2ccccn2)nc1.c1ccc(-c2ccccn2)nc1. The molecule has 0 bridgehead atoms. The van der Waals surface area contributed by atoms with Crippen molar-refractivity contribution in [3.05, 3.63) is 145 Å². The van der Waals surface area contributed by atoms with Crippen LogP contribution in [-0.2, 0) is 37.2 Å². The van der Waals surface area contributed by atoms with Crippen LogP contribution in [-0.4, -0.2) is 35.8 Å². The van der Waals surface area contributed by atoms with Gasteiger partial charge in [-0.25, -0.2) is 0 Å². The van der Waals surface area contributed by atoms with Crippen LogP contribution < -0.4 is 5.32 Å². The molecule has 1 amide bonds. The Morgan fingerprint density at radius 2 is 1.02 bits per heavy atom. The first-order chi connectivity index (χ1) is 23.2. The van der Waals surface area contributed by atoms with Crippen LogP contribution in [0, 0.1) is 23.7 Å². The molecule has 1 N–H and O–H groups in total. The van der Waals surface area contributed by atoms with E-state index in [4.69, 9.17) is 11.7 Å². The first kappa shape index (κ1) is 36.5. The maximum absolute atomic E-state index is 11.6. The van der Waals surface area contributed by atoms with E-state index in [0.29, 0.717) is 37.2 Å². The number of terminal acetylenes is 1. The number of carbonyl (C=O) groups excluding carboxylic acids is 1. The summed E-state index contributed by atoms with van der Waals surface area (Å²) in [5.74, 6) is 2.37. The molecule has 10 heteroatoms. The van der Waals surface area contributed by atoms with Crippen LogP contribution in [0.2, 0.25) is 0 Å². The van der Waals surface area contributed by atoms with Crippen molar-refractivity contribution >= 4 is 5.91 Å². The Hall–Kier alpha value is -5.96. The fraction of sp³-hybridized carbons (Fsp3) is 0.105. The summed E-state index contributed by atoms with van der Waals surface area (Å²) in [5, 5.41) is 11.6. The molecule has 0 saturated heterocycles. The molecule has 0 radical (unpaired) electrons. The van der Waals surface area contributed by atoms with Gasteiger partial charge in [-0.05, 0) is 83.9 Å². The van der Waals surface area contributed by atoms with E-state index in [0.717, 1.165) is 33.9 Å². The van der Waals surface area contributed by atoms with Crippen molar-refractivity contribution in [3.8, 4) is 52.6 Å². The summed E-state index contributed by atoms with van der Waals surface area (Å²) in [7, 11) is 0. The van der Waals surface area contributed by atoms with Crippen molar-refractivity contribution < 1.29 is 24.3 Å². The van der Waals surface area contributed by atoms with Gasteiger partial charge in [0.15, 0.2) is 0 Å².